The monoisotopic (exact) mass is 462 g/mol. The number of nitrogens with zero attached hydrogens (tertiary/aromatic N) is 5. The molecule has 0 aliphatic rings. The predicted molar refractivity (Wildman–Crippen MR) is 126 cm³/mol. The Kier molecular flexibility index (Phi) is 6.55. The first-order chi connectivity index (χ1) is 16.0. The van der Waals surface area contributed by atoms with Crippen LogP contribution < -0.4 is 16.4 Å². The molecular weight excluding hydrogens is 440 g/mol. The van der Waals surface area contributed by atoms with Crippen molar-refractivity contribution in [3.63, 3.8) is 0 Å². The second-order valence-corrected chi connectivity index (χ2v) is 8.21. The average Bonchev–Trinajstić information content (AvgIpc) is 3.22. The van der Waals surface area contributed by atoms with Crippen molar-refractivity contribution in [3.05, 3.63) is 86.7 Å². The zero-order valence-corrected chi connectivity index (χ0v) is 19.0. The predicted octanol–water partition coefficient (Wildman–Crippen LogP) is 2.35. The largest absolute Gasteiger partial charge is 0.349 e. The van der Waals surface area contributed by atoms with Gasteiger partial charge in [0, 0.05) is 30.8 Å². The van der Waals surface area contributed by atoms with Gasteiger partial charge in [0.1, 0.15) is 16.4 Å². The minimum absolute atomic E-state index is 0.138. The molecule has 0 aliphatic heterocycles. The number of nitrogens with one attached hydrogen (secondary N) is 1. The maximum absolute atomic E-state index is 12.4. The molecule has 1 aromatic carbocycles. The van der Waals surface area contributed by atoms with Crippen molar-refractivity contribution < 1.29 is 4.79 Å². The van der Waals surface area contributed by atoms with E-state index >= 15 is 0 Å². The Labute approximate surface area is 193 Å². The molecule has 0 bridgehead atoms. The van der Waals surface area contributed by atoms with Gasteiger partial charge in [-0.3, -0.25) is 14.4 Å². The molecule has 0 aliphatic carbocycles. The highest BCUT2D eigenvalue weighted by Gasteiger charge is 2.14. The van der Waals surface area contributed by atoms with E-state index in [-0.39, 0.29) is 29.9 Å². The Hall–Kier alpha value is -3.92. The van der Waals surface area contributed by atoms with Crippen molar-refractivity contribution in [2.24, 2.45) is 0 Å². The third-order valence-corrected chi connectivity index (χ3v) is 6.15. The minimum Gasteiger partial charge on any atom is -0.349 e. The molecule has 4 rings (SSSR count). The van der Waals surface area contributed by atoms with Gasteiger partial charge in [0.25, 0.3) is 17.0 Å². The number of benzene rings is 1. The molecule has 1 amide bonds. The van der Waals surface area contributed by atoms with E-state index in [2.05, 4.69) is 20.5 Å². The second kappa shape index (κ2) is 9.70. The quantitative estimate of drug-likeness (QED) is 0.451. The number of carbonyl (C=O) groups excluding carboxylic acids is 1. The molecule has 3 aromatic heterocycles. The van der Waals surface area contributed by atoms with Gasteiger partial charge >= 0.3 is 0 Å². The summed E-state index contributed by atoms with van der Waals surface area (Å²) in [6.07, 6.45) is 0. The van der Waals surface area contributed by atoms with Gasteiger partial charge in [-0.05, 0) is 26.0 Å². The summed E-state index contributed by atoms with van der Waals surface area (Å²) in [4.78, 5) is 41.8. The summed E-state index contributed by atoms with van der Waals surface area (Å²) in [6, 6.07) is 15.7. The molecule has 0 atom stereocenters. The number of rotatable bonds is 7. The number of hydrogen-bond donors (Lipinski definition) is 1. The Morgan fingerprint density at radius 1 is 0.970 bits per heavy atom. The zero-order chi connectivity index (χ0) is 23.4. The van der Waals surface area contributed by atoms with E-state index in [0.717, 1.165) is 21.1 Å². The van der Waals surface area contributed by atoms with E-state index in [4.69, 9.17) is 0 Å². The molecule has 0 spiro atoms. The van der Waals surface area contributed by atoms with Crippen LogP contribution in [0.2, 0.25) is 0 Å². The molecule has 1 N–H and O–H groups in total. The van der Waals surface area contributed by atoms with E-state index in [9.17, 15) is 14.4 Å². The van der Waals surface area contributed by atoms with Gasteiger partial charge in [0.05, 0.1) is 17.1 Å². The van der Waals surface area contributed by atoms with Crippen LogP contribution in [0.25, 0.3) is 21.1 Å². The zero-order valence-electron chi connectivity index (χ0n) is 18.2. The number of hydrogen-bond acceptors (Lipinski definition) is 7. The summed E-state index contributed by atoms with van der Waals surface area (Å²) in [5.74, 6) is -0.424. The lowest BCUT2D eigenvalue weighted by molar-refractivity contribution is 0.0944. The van der Waals surface area contributed by atoms with E-state index in [1.165, 1.54) is 38.9 Å². The maximum atomic E-state index is 12.4. The van der Waals surface area contributed by atoms with Gasteiger partial charge in [-0.2, -0.15) is 10.2 Å². The lowest BCUT2D eigenvalue weighted by Gasteiger charge is -2.08. The van der Waals surface area contributed by atoms with Gasteiger partial charge in [0.2, 0.25) is 0 Å². The van der Waals surface area contributed by atoms with Crippen LogP contribution in [0.4, 0.5) is 0 Å². The van der Waals surface area contributed by atoms with Crippen LogP contribution in [0.15, 0.2) is 64.2 Å². The number of aryl methyl sites for hydroxylation is 2. The van der Waals surface area contributed by atoms with E-state index < -0.39 is 5.91 Å². The molecule has 4 aromatic rings. The Morgan fingerprint density at radius 2 is 1.70 bits per heavy atom. The normalized spacial score (nSPS) is 10.8. The fraction of sp³-hybridized carbons (Fsp3) is 0.217. The first-order valence-electron chi connectivity index (χ1n) is 10.4. The van der Waals surface area contributed by atoms with Gasteiger partial charge in [-0.15, -0.1) is 11.3 Å². The fourth-order valence-corrected chi connectivity index (χ4v) is 4.27. The molecule has 3 heterocycles. The third-order valence-electron chi connectivity index (χ3n) is 4.92. The first kappa shape index (κ1) is 22.3. The van der Waals surface area contributed by atoms with E-state index in [1.807, 2.05) is 37.3 Å². The molecule has 0 fully saturated rings. The number of carbonyl (C=O) groups is 1. The lowest BCUT2D eigenvalue weighted by atomic mass is 10.2. The van der Waals surface area contributed by atoms with Crippen molar-refractivity contribution in [1.82, 2.24) is 29.9 Å². The summed E-state index contributed by atoms with van der Waals surface area (Å²) in [5, 5.41) is 12.1. The van der Waals surface area contributed by atoms with Crippen molar-refractivity contribution in [2.45, 2.75) is 26.9 Å². The summed E-state index contributed by atoms with van der Waals surface area (Å²) < 4.78 is 2.53. The van der Waals surface area contributed by atoms with E-state index in [1.54, 1.807) is 13.0 Å². The fourth-order valence-electron chi connectivity index (χ4n) is 3.23. The molecule has 0 saturated heterocycles. The molecule has 168 valence electrons. The van der Waals surface area contributed by atoms with Crippen molar-refractivity contribution in [1.29, 1.82) is 0 Å². The maximum Gasteiger partial charge on any atom is 0.271 e. The van der Waals surface area contributed by atoms with Crippen LogP contribution in [0, 0.1) is 6.92 Å². The molecule has 0 saturated carbocycles. The minimum atomic E-state index is -0.424. The van der Waals surface area contributed by atoms with E-state index in [0.29, 0.717) is 12.2 Å². The van der Waals surface area contributed by atoms with Crippen LogP contribution >= 0.6 is 11.3 Å². The van der Waals surface area contributed by atoms with Crippen molar-refractivity contribution >= 4 is 17.2 Å². The third kappa shape index (κ3) is 4.96. The van der Waals surface area contributed by atoms with Crippen LogP contribution in [0.1, 0.15) is 23.1 Å². The highest BCUT2D eigenvalue weighted by molar-refractivity contribution is 7.18. The Balaban J connectivity index is 1.48. The van der Waals surface area contributed by atoms with Crippen molar-refractivity contribution in [3.8, 4) is 21.1 Å². The number of thiazole rings is 1. The summed E-state index contributed by atoms with van der Waals surface area (Å²) in [7, 11) is 0. The van der Waals surface area contributed by atoms with Gasteiger partial charge < -0.3 is 5.32 Å². The topological polar surface area (TPSA) is 112 Å². The summed E-state index contributed by atoms with van der Waals surface area (Å²) in [6.45, 7) is 4.43. The standard InChI is InChI=1S/C23H22N6O3S/c1-3-28-19(30)12-10-18(27-28)22(32)24-13-14-29-20(31)11-9-17(26-29)21-15(2)25-23(33-21)16-7-5-4-6-8-16/h4-12H,3,13-14H2,1-2H3,(H,24,32). The van der Waals surface area contributed by atoms with Crippen LogP contribution in [-0.4, -0.2) is 37.0 Å². The van der Waals surface area contributed by atoms with Gasteiger partial charge in [-0.25, -0.2) is 14.3 Å². The van der Waals surface area contributed by atoms with Crippen LogP contribution in [0.5, 0.6) is 0 Å². The Morgan fingerprint density at radius 3 is 2.45 bits per heavy atom. The van der Waals surface area contributed by atoms with Gasteiger partial charge in [0.15, 0.2) is 0 Å². The molecule has 0 unspecified atom stereocenters. The number of aromatic nitrogens is 5. The molecule has 9 nitrogen and oxygen atoms in total. The average molecular weight is 463 g/mol. The molecule has 0 radical (unpaired) electrons. The highest BCUT2D eigenvalue weighted by atomic mass is 32.1. The number of amides is 1. The molecule has 33 heavy (non-hydrogen) atoms. The highest BCUT2D eigenvalue weighted by Crippen LogP contribution is 2.33. The summed E-state index contributed by atoms with van der Waals surface area (Å²) in [5.41, 5.74) is 2.11. The lowest BCUT2D eigenvalue weighted by Crippen LogP contribution is -2.33. The van der Waals surface area contributed by atoms with Crippen LogP contribution in [-0.2, 0) is 13.1 Å². The Bertz CT molecular complexity index is 1410. The summed E-state index contributed by atoms with van der Waals surface area (Å²) >= 11 is 1.52. The van der Waals surface area contributed by atoms with Crippen molar-refractivity contribution in [2.75, 3.05) is 6.54 Å². The molecular formula is C23H22N6O3S. The van der Waals surface area contributed by atoms with Crippen LogP contribution in [0.3, 0.4) is 0 Å². The second-order valence-electron chi connectivity index (χ2n) is 7.21. The first-order valence-corrected chi connectivity index (χ1v) is 11.3. The van der Waals surface area contributed by atoms with Gasteiger partial charge in [-0.1, -0.05) is 30.3 Å². The smallest absolute Gasteiger partial charge is 0.271 e. The SMILES string of the molecule is CCn1nc(C(=O)NCCn2nc(-c3sc(-c4ccccc4)nc3C)ccc2=O)ccc1=O. The molecule has 10 heteroatoms.